The van der Waals surface area contributed by atoms with Crippen molar-refractivity contribution in [3.8, 4) is 11.8 Å². The molecule has 1 amide bonds. The van der Waals surface area contributed by atoms with Gasteiger partial charge in [0.25, 0.3) is 5.91 Å². The molecule has 3 heteroatoms. The number of nitrogens with one attached hydrogen (secondary N) is 1. The molecule has 1 saturated carbocycles. The molecule has 2 rings (SSSR count). The number of carbonyl (C=O) groups excluding carboxylic acids is 1. The Morgan fingerprint density at radius 1 is 1.56 bits per heavy atom. The summed E-state index contributed by atoms with van der Waals surface area (Å²) in [5.41, 5.74) is 2.31. The van der Waals surface area contributed by atoms with Gasteiger partial charge in [-0.05, 0) is 37.0 Å². The van der Waals surface area contributed by atoms with Gasteiger partial charge in [-0.3, -0.25) is 4.79 Å². The molecule has 1 aromatic carbocycles. The van der Waals surface area contributed by atoms with E-state index in [2.05, 4.69) is 24.1 Å². The van der Waals surface area contributed by atoms with Gasteiger partial charge < -0.3 is 10.4 Å². The van der Waals surface area contributed by atoms with Gasteiger partial charge >= 0.3 is 0 Å². The van der Waals surface area contributed by atoms with Crippen molar-refractivity contribution < 1.29 is 9.90 Å². The topological polar surface area (TPSA) is 49.3 Å². The molecule has 1 aliphatic carbocycles. The minimum absolute atomic E-state index is 0.0772. The van der Waals surface area contributed by atoms with E-state index in [1.807, 2.05) is 19.1 Å². The largest absolute Gasteiger partial charge is 0.384 e. The minimum Gasteiger partial charge on any atom is -0.384 e. The Morgan fingerprint density at radius 2 is 2.28 bits per heavy atom. The summed E-state index contributed by atoms with van der Waals surface area (Å²) in [6.07, 6.45) is 1.05. The molecule has 18 heavy (non-hydrogen) atoms. The molecule has 0 radical (unpaired) electrons. The molecule has 2 N–H and O–H groups in total. The molecular formula is C15H17NO2. The van der Waals surface area contributed by atoms with E-state index in [1.165, 1.54) is 0 Å². The van der Waals surface area contributed by atoms with Crippen molar-refractivity contribution in [2.24, 2.45) is 5.92 Å². The van der Waals surface area contributed by atoms with Crippen molar-refractivity contribution in [2.45, 2.75) is 26.3 Å². The first-order valence-electron chi connectivity index (χ1n) is 6.13. The number of benzene rings is 1. The highest BCUT2D eigenvalue weighted by molar-refractivity contribution is 5.97. The maximum Gasteiger partial charge on any atom is 0.252 e. The fraction of sp³-hybridized carbons (Fsp3) is 0.400. The summed E-state index contributed by atoms with van der Waals surface area (Å²) >= 11 is 0. The molecule has 3 nitrogen and oxygen atoms in total. The molecule has 2 atom stereocenters. The maximum atomic E-state index is 12.1. The lowest BCUT2D eigenvalue weighted by molar-refractivity contribution is 0.0949. The van der Waals surface area contributed by atoms with Gasteiger partial charge in [-0.2, -0.15) is 0 Å². The average molecular weight is 243 g/mol. The zero-order valence-electron chi connectivity index (χ0n) is 10.7. The van der Waals surface area contributed by atoms with Gasteiger partial charge in [-0.1, -0.05) is 24.8 Å². The van der Waals surface area contributed by atoms with Crippen LogP contribution in [0.1, 0.15) is 34.8 Å². The van der Waals surface area contributed by atoms with Crippen LogP contribution in [0.25, 0.3) is 0 Å². The standard InChI is InChI=1S/C15H17NO2/c1-10-5-6-13(12(8-10)4-3-7-17)15(18)16-14-9-11(14)2/h5-6,8,11,14,17H,7,9H2,1-2H3,(H,16,18). The van der Waals surface area contributed by atoms with Gasteiger partial charge in [-0.15, -0.1) is 0 Å². The van der Waals surface area contributed by atoms with Crippen molar-refractivity contribution in [1.82, 2.24) is 5.32 Å². The quantitative estimate of drug-likeness (QED) is 0.773. The fourth-order valence-corrected chi connectivity index (χ4v) is 1.86. The van der Waals surface area contributed by atoms with Crippen molar-refractivity contribution in [1.29, 1.82) is 0 Å². The highest BCUT2D eigenvalue weighted by atomic mass is 16.2. The molecule has 0 aliphatic heterocycles. The predicted molar refractivity (Wildman–Crippen MR) is 70.2 cm³/mol. The van der Waals surface area contributed by atoms with Crippen LogP contribution in [0.4, 0.5) is 0 Å². The van der Waals surface area contributed by atoms with Gasteiger partial charge in [-0.25, -0.2) is 0 Å². The lowest BCUT2D eigenvalue weighted by atomic mass is 10.0. The molecule has 1 aromatic rings. The molecule has 0 spiro atoms. The van der Waals surface area contributed by atoms with E-state index in [9.17, 15) is 4.79 Å². The second kappa shape index (κ2) is 5.24. The van der Waals surface area contributed by atoms with Crippen LogP contribution in [0, 0.1) is 24.7 Å². The lowest BCUT2D eigenvalue weighted by Gasteiger charge is -2.07. The molecule has 1 fully saturated rings. The van der Waals surface area contributed by atoms with Gasteiger partial charge in [0.2, 0.25) is 0 Å². The van der Waals surface area contributed by atoms with E-state index in [-0.39, 0.29) is 12.5 Å². The Labute approximate surface area is 107 Å². The zero-order chi connectivity index (χ0) is 13.1. The number of aliphatic hydroxyl groups is 1. The van der Waals surface area contributed by atoms with E-state index in [4.69, 9.17) is 5.11 Å². The minimum atomic E-state index is -0.200. The van der Waals surface area contributed by atoms with E-state index in [1.54, 1.807) is 6.07 Å². The summed E-state index contributed by atoms with van der Waals surface area (Å²) in [5.74, 6) is 5.92. The highest BCUT2D eigenvalue weighted by Gasteiger charge is 2.34. The third kappa shape index (κ3) is 2.91. The molecule has 2 unspecified atom stereocenters. The number of hydrogen-bond acceptors (Lipinski definition) is 2. The van der Waals surface area contributed by atoms with Crippen LogP contribution in [0.15, 0.2) is 18.2 Å². The van der Waals surface area contributed by atoms with Crippen LogP contribution in [-0.4, -0.2) is 23.7 Å². The summed E-state index contributed by atoms with van der Waals surface area (Å²) in [5, 5.41) is 11.7. The predicted octanol–water partition coefficient (Wildman–Crippen LogP) is 1.48. The summed E-state index contributed by atoms with van der Waals surface area (Å²) in [6.45, 7) is 3.87. The fourth-order valence-electron chi connectivity index (χ4n) is 1.86. The van der Waals surface area contributed by atoms with Gasteiger partial charge in [0, 0.05) is 11.6 Å². The van der Waals surface area contributed by atoms with Crippen molar-refractivity contribution in [3.63, 3.8) is 0 Å². The number of carbonyl (C=O) groups is 1. The first kappa shape index (κ1) is 12.7. The SMILES string of the molecule is Cc1ccc(C(=O)NC2CC2C)c(C#CCO)c1. The Kier molecular flexibility index (Phi) is 3.69. The molecule has 1 aliphatic rings. The van der Waals surface area contributed by atoms with Gasteiger partial charge in [0.15, 0.2) is 0 Å². The first-order chi connectivity index (χ1) is 8.61. The average Bonchev–Trinajstić information content (AvgIpc) is 3.02. The van der Waals surface area contributed by atoms with E-state index >= 15 is 0 Å². The second-order valence-electron chi connectivity index (χ2n) is 4.80. The molecular weight excluding hydrogens is 226 g/mol. The molecule has 0 heterocycles. The number of aliphatic hydroxyl groups excluding tert-OH is 1. The number of aryl methyl sites for hydroxylation is 1. The van der Waals surface area contributed by atoms with Crippen molar-refractivity contribution in [3.05, 3.63) is 34.9 Å². The maximum absolute atomic E-state index is 12.1. The van der Waals surface area contributed by atoms with Crippen LogP contribution in [-0.2, 0) is 0 Å². The normalized spacial score (nSPS) is 20.8. The molecule has 0 saturated heterocycles. The van der Waals surface area contributed by atoms with Crippen LogP contribution >= 0.6 is 0 Å². The van der Waals surface area contributed by atoms with Crippen LogP contribution in [0.3, 0.4) is 0 Å². The Hall–Kier alpha value is -1.79. The third-order valence-electron chi connectivity index (χ3n) is 3.15. The Bertz CT molecular complexity index is 525. The third-order valence-corrected chi connectivity index (χ3v) is 3.15. The zero-order valence-corrected chi connectivity index (χ0v) is 10.7. The van der Waals surface area contributed by atoms with Crippen LogP contribution in [0.5, 0.6) is 0 Å². The summed E-state index contributed by atoms with van der Waals surface area (Å²) in [7, 11) is 0. The van der Waals surface area contributed by atoms with Gasteiger partial charge in [0.1, 0.15) is 6.61 Å². The summed E-state index contributed by atoms with van der Waals surface area (Å²) < 4.78 is 0. The van der Waals surface area contributed by atoms with E-state index in [0.29, 0.717) is 23.1 Å². The van der Waals surface area contributed by atoms with Crippen LogP contribution in [0.2, 0.25) is 0 Å². The summed E-state index contributed by atoms with van der Waals surface area (Å²) in [6, 6.07) is 5.86. The number of hydrogen-bond donors (Lipinski definition) is 2. The number of rotatable bonds is 2. The molecule has 0 aromatic heterocycles. The Morgan fingerprint density at radius 3 is 2.89 bits per heavy atom. The van der Waals surface area contributed by atoms with Crippen LogP contribution < -0.4 is 5.32 Å². The Balaban J connectivity index is 2.22. The smallest absolute Gasteiger partial charge is 0.252 e. The van der Waals surface area contributed by atoms with Crippen molar-refractivity contribution >= 4 is 5.91 Å². The second-order valence-corrected chi connectivity index (χ2v) is 4.80. The molecule has 0 bridgehead atoms. The van der Waals surface area contributed by atoms with E-state index < -0.39 is 0 Å². The van der Waals surface area contributed by atoms with E-state index in [0.717, 1.165) is 12.0 Å². The lowest BCUT2D eigenvalue weighted by Crippen LogP contribution is -2.27. The van der Waals surface area contributed by atoms with Crippen molar-refractivity contribution in [2.75, 3.05) is 6.61 Å². The van der Waals surface area contributed by atoms with Gasteiger partial charge in [0.05, 0.1) is 5.56 Å². The highest BCUT2D eigenvalue weighted by Crippen LogP contribution is 2.29. The summed E-state index contributed by atoms with van der Waals surface area (Å²) in [4.78, 5) is 12.1. The molecule has 94 valence electrons. The number of amides is 1. The monoisotopic (exact) mass is 243 g/mol. The first-order valence-corrected chi connectivity index (χ1v) is 6.13.